The first-order valence-electron chi connectivity index (χ1n) is 5.61. The molecule has 92 valence electrons. The zero-order valence-corrected chi connectivity index (χ0v) is 11.1. The van der Waals surface area contributed by atoms with Crippen LogP contribution >= 0.6 is 11.3 Å². The van der Waals surface area contributed by atoms with Crippen molar-refractivity contribution in [2.75, 3.05) is 5.32 Å². The third-order valence-electron chi connectivity index (χ3n) is 2.32. The molecule has 3 nitrogen and oxygen atoms in total. The van der Waals surface area contributed by atoms with Crippen LogP contribution in [-0.2, 0) is 4.79 Å². The van der Waals surface area contributed by atoms with Crippen molar-refractivity contribution in [3.8, 4) is 0 Å². The van der Waals surface area contributed by atoms with Gasteiger partial charge in [-0.15, -0.1) is 11.3 Å². The van der Waals surface area contributed by atoms with Gasteiger partial charge < -0.3 is 0 Å². The highest BCUT2D eigenvalue weighted by Crippen LogP contribution is 2.16. The summed E-state index contributed by atoms with van der Waals surface area (Å²) >= 11 is 1.46. The van der Waals surface area contributed by atoms with E-state index in [4.69, 9.17) is 0 Å². The maximum atomic E-state index is 11.6. The van der Waals surface area contributed by atoms with Gasteiger partial charge >= 0.3 is 0 Å². The van der Waals surface area contributed by atoms with E-state index >= 15 is 0 Å². The summed E-state index contributed by atoms with van der Waals surface area (Å²) in [6.45, 7) is 3.98. The number of hydrogen-bond donors (Lipinski definition) is 1. The minimum absolute atomic E-state index is 0.161. The number of aryl methyl sites for hydroxylation is 2. The summed E-state index contributed by atoms with van der Waals surface area (Å²) in [5, 5.41) is 3.36. The van der Waals surface area contributed by atoms with E-state index in [0.717, 1.165) is 10.4 Å². The van der Waals surface area contributed by atoms with Crippen LogP contribution in [0.15, 0.2) is 36.5 Å². The van der Waals surface area contributed by atoms with Crippen LogP contribution in [-0.4, -0.2) is 10.9 Å². The largest absolute Gasteiger partial charge is 0.298 e. The van der Waals surface area contributed by atoms with Crippen molar-refractivity contribution in [1.29, 1.82) is 0 Å². The number of hydrogen-bond acceptors (Lipinski definition) is 3. The molecule has 0 saturated heterocycles. The minimum Gasteiger partial charge on any atom is -0.298 e. The van der Waals surface area contributed by atoms with E-state index in [2.05, 4.69) is 10.3 Å². The van der Waals surface area contributed by atoms with Crippen LogP contribution < -0.4 is 5.32 Å². The molecular formula is C14H14N2OS. The Balaban J connectivity index is 1.99. The summed E-state index contributed by atoms with van der Waals surface area (Å²) in [6.07, 6.45) is 5.05. The summed E-state index contributed by atoms with van der Waals surface area (Å²) < 4.78 is 0. The number of nitrogens with one attached hydrogen (secondary N) is 1. The number of carbonyl (C=O) groups excluding carboxylic acids is 1. The topological polar surface area (TPSA) is 42.0 Å². The van der Waals surface area contributed by atoms with Gasteiger partial charge in [-0.25, -0.2) is 4.98 Å². The van der Waals surface area contributed by atoms with Crippen molar-refractivity contribution in [3.05, 3.63) is 52.5 Å². The van der Waals surface area contributed by atoms with Gasteiger partial charge in [-0.1, -0.05) is 29.8 Å². The Labute approximate surface area is 110 Å². The molecule has 2 rings (SSSR count). The van der Waals surface area contributed by atoms with E-state index in [9.17, 15) is 4.79 Å². The fourth-order valence-corrected chi connectivity index (χ4v) is 2.17. The van der Waals surface area contributed by atoms with Gasteiger partial charge in [0.25, 0.3) is 0 Å². The SMILES string of the molecule is Cc1cccc(/C=C/C(=O)Nc2ncc(C)s2)c1. The molecule has 0 bridgehead atoms. The quantitative estimate of drug-likeness (QED) is 0.857. The first-order chi connectivity index (χ1) is 8.63. The standard InChI is InChI=1S/C14H14N2OS/c1-10-4-3-5-12(8-10)6-7-13(17)16-14-15-9-11(2)18-14/h3-9H,1-2H3,(H,15,16,17)/b7-6+. The highest BCUT2D eigenvalue weighted by Gasteiger charge is 2.01. The summed E-state index contributed by atoms with van der Waals surface area (Å²) in [4.78, 5) is 16.8. The molecule has 0 unspecified atom stereocenters. The van der Waals surface area contributed by atoms with Gasteiger partial charge in [0, 0.05) is 17.2 Å². The molecule has 0 atom stereocenters. The van der Waals surface area contributed by atoms with Crippen LogP contribution in [0.4, 0.5) is 5.13 Å². The second-order valence-corrected chi connectivity index (χ2v) is 5.25. The van der Waals surface area contributed by atoms with E-state index in [1.807, 2.05) is 38.1 Å². The second-order valence-electron chi connectivity index (χ2n) is 4.01. The highest BCUT2D eigenvalue weighted by molar-refractivity contribution is 7.15. The van der Waals surface area contributed by atoms with E-state index in [-0.39, 0.29) is 5.91 Å². The number of nitrogens with zero attached hydrogens (tertiary/aromatic N) is 1. The lowest BCUT2D eigenvalue weighted by Gasteiger charge is -1.97. The maximum Gasteiger partial charge on any atom is 0.250 e. The number of rotatable bonds is 3. The average molecular weight is 258 g/mol. The van der Waals surface area contributed by atoms with Gasteiger partial charge in [-0.05, 0) is 25.5 Å². The van der Waals surface area contributed by atoms with Crippen molar-refractivity contribution in [3.63, 3.8) is 0 Å². The van der Waals surface area contributed by atoms with Crippen LogP contribution in [0.2, 0.25) is 0 Å². The summed E-state index contributed by atoms with van der Waals surface area (Å²) in [5.74, 6) is -0.161. The van der Waals surface area contributed by atoms with Crippen LogP contribution in [0.5, 0.6) is 0 Å². The lowest BCUT2D eigenvalue weighted by Crippen LogP contribution is -2.07. The highest BCUT2D eigenvalue weighted by atomic mass is 32.1. The van der Waals surface area contributed by atoms with Crippen LogP contribution in [0, 0.1) is 13.8 Å². The van der Waals surface area contributed by atoms with Crippen molar-refractivity contribution in [2.24, 2.45) is 0 Å². The lowest BCUT2D eigenvalue weighted by atomic mass is 10.1. The molecule has 0 saturated carbocycles. The Kier molecular flexibility index (Phi) is 3.89. The Morgan fingerprint density at radius 1 is 1.39 bits per heavy atom. The van der Waals surface area contributed by atoms with Crippen LogP contribution in [0.3, 0.4) is 0 Å². The molecule has 0 aliphatic rings. The smallest absolute Gasteiger partial charge is 0.250 e. The van der Waals surface area contributed by atoms with E-state index in [1.165, 1.54) is 23.0 Å². The van der Waals surface area contributed by atoms with Crippen molar-refractivity contribution in [2.45, 2.75) is 13.8 Å². The molecule has 0 radical (unpaired) electrons. The predicted molar refractivity (Wildman–Crippen MR) is 75.7 cm³/mol. The normalized spacial score (nSPS) is 10.8. The second kappa shape index (κ2) is 5.60. The van der Waals surface area contributed by atoms with Crippen LogP contribution in [0.25, 0.3) is 6.08 Å². The van der Waals surface area contributed by atoms with Crippen molar-refractivity contribution < 1.29 is 4.79 Å². The van der Waals surface area contributed by atoms with Gasteiger partial charge in [-0.3, -0.25) is 10.1 Å². The zero-order chi connectivity index (χ0) is 13.0. The molecule has 1 aromatic carbocycles. The third kappa shape index (κ3) is 3.53. The fraction of sp³-hybridized carbons (Fsp3) is 0.143. The van der Waals surface area contributed by atoms with Gasteiger partial charge in [0.2, 0.25) is 5.91 Å². The number of benzene rings is 1. The number of anilines is 1. The molecule has 0 fully saturated rings. The van der Waals surface area contributed by atoms with Crippen molar-refractivity contribution >= 4 is 28.5 Å². The average Bonchev–Trinajstić information content (AvgIpc) is 2.72. The van der Waals surface area contributed by atoms with Gasteiger partial charge in [0.05, 0.1) is 0 Å². The van der Waals surface area contributed by atoms with E-state index in [1.54, 1.807) is 12.3 Å². The molecule has 0 aliphatic carbocycles. The molecule has 1 N–H and O–H groups in total. The third-order valence-corrected chi connectivity index (χ3v) is 3.15. The Morgan fingerprint density at radius 2 is 2.22 bits per heavy atom. The van der Waals surface area contributed by atoms with Gasteiger partial charge in [-0.2, -0.15) is 0 Å². The monoisotopic (exact) mass is 258 g/mol. The van der Waals surface area contributed by atoms with Gasteiger partial charge in [0.15, 0.2) is 5.13 Å². The number of thiazole rings is 1. The number of aromatic nitrogens is 1. The predicted octanol–water partition coefficient (Wildman–Crippen LogP) is 3.41. The minimum atomic E-state index is -0.161. The molecule has 2 aromatic rings. The zero-order valence-electron chi connectivity index (χ0n) is 10.3. The molecule has 1 aromatic heterocycles. The fourth-order valence-electron chi connectivity index (χ4n) is 1.51. The first-order valence-corrected chi connectivity index (χ1v) is 6.43. The molecular weight excluding hydrogens is 244 g/mol. The molecule has 4 heteroatoms. The lowest BCUT2D eigenvalue weighted by molar-refractivity contribution is -0.111. The maximum absolute atomic E-state index is 11.6. The van der Waals surface area contributed by atoms with E-state index < -0.39 is 0 Å². The molecule has 1 heterocycles. The van der Waals surface area contributed by atoms with Crippen LogP contribution in [0.1, 0.15) is 16.0 Å². The summed E-state index contributed by atoms with van der Waals surface area (Å²) in [7, 11) is 0. The molecule has 0 spiro atoms. The molecule has 0 aliphatic heterocycles. The number of carbonyl (C=O) groups is 1. The molecule has 18 heavy (non-hydrogen) atoms. The Morgan fingerprint density at radius 3 is 2.89 bits per heavy atom. The number of amides is 1. The molecule has 1 amide bonds. The Bertz CT molecular complexity index is 587. The Hall–Kier alpha value is -1.94. The summed E-state index contributed by atoms with van der Waals surface area (Å²) in [6, 6.07) is 7.98. The summed E-state index contributed by atoms with van der Waals surface area (Å²) in [5.41, 5.74) is 2.19. The van der Waals surface area contributed by atoms with Crippen molar-refractivity contribution in [1.82, 2.24) is 4.98 Å². The first kappa shape index (κ1) is 12.5. The van der Waals surface area contributed by atoms with Gasteiger partial charge in [0.1, 0.15) is 0 Å². The van der Waals surface area contributed by atoms with E-state index in [0.29, 0.717) is 5.13 Å².